The van der Waals surface area contributed by atoms with Crippen molar-refractivity contribution in [3.63, 3.8) is 0 Å². The van der Waals surface area contributed by atoms with E-state index in [9.17, 15) is 9.18 Å². The summed E-state index contributed by atoms with van der Waals surface area (Å²) in [5, 5.41) is 1.27. The Morgan fingerprint density at radius 2 is 1.63 bits per heavy atom. The molecule has 0 saturated heterocycles. The fourth-order valence-corrected chi connectivity index (χ4v) is 6.44. The second-order valence-corrected chi connectivity index (χ2v) is 11.2. The van der Waals surface area contributed by atoms with E-state index in [2.05, 4.69) is 61.2 Å². The van der Waals surface area contributed by atoms with E-state index in [0.29, 0.717) is 5.75 Å². The molecule has 5 heteroatoms. The Morgan fingerprint density at radius 3 is 2.34 bits per heavy atom. The number of hydrogen-bond acceptors (Lipinski definition) is 3. The zero-order valence-corrected chi connectivity index (χ0v) is 21.4. The van der Waals surface area contributed by atoms with Gasteiger partial charge in [0.2, 0.25) is 0 Å². The highest BCUT2D eigenvalue weighted by Crippen LogP contribution is 2.45. The molecule has 0 fully saturated rings. The normalized spacial score (nSPS) is 11.7. The predicted octanol–water partition coefficient (Wildman–Crippen LogP) is 7.39. The quantitative estimate of drug-likeness (QED) is 0.167. The number of carbonyl (C=O) groups is 1. The second kappa shape index (κ2) is 9.93. The molecule has 1 unspecified atom stereocenters. The number of esters is 1. The van der Waals surface area contributed by atoms with E-state index in [-0.39, 0.29) is 22.6 Å². The molecule has 3 aromatic carbocycles. The molecule has 0 aliphatic rings. The largest absolute Gasteiger partial charge is 0.481 e. The molecule has 0 N–H and O–H groups in total. The lowest BCUT2D eigenvalue weighted by Crippen LogP contribution is -2.29. The number of rotatable bonds is 5. The standard InChI is InChI=1S/C30H28FO3S/c1-20-16-25(35-22(3)18-24-11-7-9-13-27(24)35)17-21(2)29(20)33-19-28(32)34-30(4,5)15-14-23-10-6-8-12-26(23)31/h6-13,16-18H,19H2,1-5H3/q+1. The van der Waals surface area contributed by atoms with Crippen LogP contribution < -0.4 is 4.74 Å². The summed E-state index contributed by atoms with van der Waals surface area (Å²) < 4.78 is 26.5. The summed E-state index contributed by atoms with van der Waals surface area (Å²) in [5.41, 5.74) is 1.11. The number of ether oxygens (including phenoxy) is 2. The molecule has 0 bridgehead atoms. The molecule has 0 spiro atoms. The van der Waals surface area contributed by atoms with E-state index >= 15 is 0 Å². The number of benzene rings is 3. The fraction of sp³-hybridized carbons (Fsp3) is 0.233. The van der Waals surface area contributed by atoms with Crippen molar-refractivity contribution in [1.29, 1.82) is 0 Å². The topological polar surface area (TPSA) is 35.5 Å². The van der Waals surface area contributed by atoms with Gasteiger partial charge in [-0.2, -0.15) is 0 Å². The van der Waals surface area contributed by atoms with Crippen LogP contribution >= 0.6 is 10.5 Å². The summed E-state index contributed by atoms with van der Waals surface area (Å²) in [6.45, 7) is 9.25. The predicted molar refractivity (Wildman–Crippen MR) is 141 cm³/mol. The van der Waals surface area contributed by atoms with Crippen LogP contribution in [0.1, 0.15) is 35.4 Å². The van der Waals surface area contributed by atoms with Gasteiger partial charge in [0.25, 0.3) is 0 Å². The number of fused-ring (bicyclic) bond motifs is 1. The second-order valence-electron chi connectivity index (χ2n) is 8.99. The minimum Gasteiger partial charge on any atom is -0.481 e. The zero-order valence-electron chi connectivity index (χ0n) is 20.6. The van der Waals surface area contributed by atoms with Gasteiger partial charge in [-0.1, -0.05) is 36.1 Å². The van der Waals surface area contributed by atoms with Gasteiger partial charge in [0.05, 0.1) is 5.56 Å². The van der Waals surface area contributed by atoms with Crippen LogP contribution in [0.4, 0.5) is 4.39 Å². The zero-order chi connectivity index (χ0) is 25.2. The van der Waals surface area contributed by atoms with Crippen molar-refractivity contribution in [3.05, 3.63) is 94.1 Å². The molecule has 1 heterocycles. The fourth-order valence-electron chi connectivity index (χ4n) is 4.06. The molecule has 0 aliphatic heterocycles. The molecular formula is C30H28FO3S+. The lowest BCUT2D eigenvalue weighted by Gasteiger charge is -2.19. The Bertz CT molecular complexity index is 1450. The molecular weight excluding hydrogens is 459 g/mol. The monoisotopic (exact) mass is 487 g/mol. The first kappa shape index (κ1) is 24.5. The maximum atomic E-state index is 13.8. The molecule has 1 atom stereocenters. The summed E-state index contributed by atoms with van der Waals surface area (Å²) in [6.07, 6.45) is 0. The van der Waals surface area contributed by atoms with Crippen LogP contribution in [0.2, 0.25) is 0 Å². The number of hydrogen-bond donors (Lipinski definition) is 0. The van der Waals surface area contributed by atoms with E-state index in [0.717, 1.165) is 11.1 Å². The summed E-state index contributed by atoms with van der Waals surface area (Å²) in [7, 11) is -0.113. The Balaban J connectivity index is 1.47. The third-order valence-corrected chi connectivity index (χ3v) is 7.85. The maximum Gasteiger partial charge on any atom is 0.345 e. The minimum absolute atomic E-state index is 0.113. The van der Waals surface area contributed by atoms with Crippen LogP contribution in [0.5, 0.6) is 5.75 Å². The minimum atomic E-state index is -1.09. The van der Waals surface area contributed by atoms with Crippen molar-refractivity contribution in [2.24, 2.45) is 0 Å². The van der Waals surface area contributed by atoms with Crippen molar-refractivity contribution in [1.82, 2.24) is 0 Å². The van der Waals surface area contributed by atoms with Crippen LogP contribution in [-0.4, -0.2) is 18.2 Å². The summed E-state index contributed by atoms with van der Waals surface area (Å²) in [4.78, 5) is 15.1. The molecule has 4 rings (SSSR count). The van der Waals surface area contributed by atoms with E-state index < -0.39 is 17.4 Å². The molecule has 0 amide bonds. The van der Waals surface area contributed by atoms with Crippen LogP contribution in [0.3, 0.4) is 0 Å². The third kappa shape index (κ3) is 5.55. The first-order chi connectivity index (χ1) is 16.6. The molecule has 0 radical (unpaired) electrons. The third-order valence-electron chi connectivity index (χ3n) is 5.56. The molecule has 0 saturated carbocycles. The summed E-state index contributed by atoms with van der Waals surface area (Å²) >= 11 is 0. The van der Waals surface area contributed by atoms with E-state index in [1.807, 2.05) is 13.8 Å². The maximum absolute atomic E-state index is 13.8. The van der Waals surface area contributed by atoms with Gasteiger partial charge in [0.1, 0.15) is 11.6 Å². The smallest absolute Gasteiger partial charge is 0.345 e. The summed E-state index contributed by atoms with van der Waals surface area (Å²) in [5.74, 6) is 5.31. The Kier molecular flexibility index (Phi) is 6.95. The van der Waals surface area contributed by atoms with Gasteiger partial charge in [-0.3, -0.25) is 0 Å². The molecule has 4 aromatic rings. The molecule has 35 heavy (non-hydrogen) atoms. The average Bonchev–Trinajstić information content (AvgIpc) is 3.13. The van der Waals surface area contributed by atoms with Crippen molar-refractivity contribution >= 4 is 26.5 Å². The van der Waals surface area contributed by atoms with Crippen LogP contribution in [0.25, 0.3) is 15.0 Å². The molecule has 0 aliphatic carbocycles. The Hall–Kier alpha value is -3.62. The van der Waals surface area contributed by atoms with Gasteiger partial charge in [-0.05, 0) is 63.1 Å². The van der Waals surface area contributed by atoms with Crippen molar-refractivity contribution in [2.45, 2.75) is 40.2 Å². The van der Waals surface area contributed by atoms with Gasteiger partial charge >= 0.3 is 5.97 Å². The van der Waals surface area contributed by atoms with Crippen LogP contribution in [0, 0.1) is 38.4 Å². The first-order valence-electron chi connectivity index (χ1n) is 11.4. The van der Waals surface area contributed by atoms with Crippen LogP contribution in [0.15, 0.2) is 66.7 Å². The highest BCUT2D eigenvalue weighted by atomic mass is 32.2. The molecule has 3 nitrogen and oxygen atoms in total. The van der Waals surface area contributed by atoms with Gasteiger partial charge in [-0.15, -0.1) is 0 Å². The van der Waals surface area contributed by atoms with Crippen molar-refractivity contribution in [2.75, 3.05) is 6.61 Å². The van der Waals surface area contributed by atoms with Gasteiger partial charge in [0.15, 0.2) is 26.7 Å². The molecule has 1 aromatic heterocycles. The number of halogens is 1. The Morgan fingerprint density at radius 1 is 0.971 bits per heavy atom. The number of thiophene rings is 1. The highest BCUT2D eigenvalue weighted by molar-refractivity contribution is 7.45. The van der Waals surface area contributed by atoms with Gasteiger partial charge in [-0.25, -0.2) is 9.18 Å². The SMILES string of the molecule is Cc1cc(-[s+]2c(C)cc3ccccc32)cc(C)c1OCC(=O)OC(C)(C)C#Cc1ccccc1F. The lowest BCUT2D eigenvalue weighted by atomic mass is 10.1. The van der Waals surface area contributed by atoms with E-state index in [4.69, 9.17) is 9.47 Å². The lowest BCUT2D eigenvalue weighted by molar-refractivity contribution is -0.154. The van der Waals surface area contributed by atoms with Gasteiger partial charge in [0, 0.05) is 41.0 Å². The molecule has 178 valence electrons. The Labute approximate surface area is 208 Å². The highest BCUT2D eigenvalue weighted by Gasteiger charge is 2.24. The van der Waals surface area contributed by atoms with Crippen LogP contribution in [-0.2, 0) is 9.53 Å². The van der Waals surface area contributed by atoms with Gasteiger partial charge < -0.3 is 9.47 Å². The van der Waals surface area contributed by atoms with E-state index in [1.165, 1.54) is 25.9 Å². The number of carbonyl (C=O) groups excluding carboxylic acids is 1. The van der Waals surface area contributed by atoms with Crippen molar-refractivity contribution in [3.8, 4) is 22.5 Å². The summed E-state index contributed by atoms with van der Waals surface area (Å²) in [6, 6.07) is 21.2. The van der Waals surface area contributed by atoms with E-state index in [1.54, 1.807) is 32.0 Å². The number of aryl methyl sites for hydroxylation is 3. The first-order valence-corrected chi connectivity index (χ1v) is 12.6. The average molecular weight is 488 g/mol. The van der Waals surface area contributed by atoms with Crippen molar-refractivity contribution < 1.29 is 18.7 Å².